The first kappa shape index (κ1) is 12.0. The van der Waals surface area contributed by atoms with E-state index in [0.717, 1.165) is 13.0 Å². The Hall–Kier alpha value is -0.480. The summed E-state index contributed by atoms with van der Waals surface area (Å²) in [5.41, 5.74) is 1.41. The highest BCUT2D eigenvalue weighted by Gasteiger charge is 2.18. The molecule has 1 aromatic rings. The first-order valence-electron chi connectivity index (χ1n) is 6.16. The van der Waals surface area contributed by atoms with Crippen LogP contribution in [0.25, 0.3) is 0 Å². The Morgan fingerprint density at radius 3 is 3.31 bits per heavy atom. The molecule has 1 saturated heterocycles. The standard InChI is InChI=1S/C12H21N3S/c1-13-7-2-4-11-6-8-14-15(11)12-5-3-9-16-10-12/h6,8,12-13H,2-5,7,9-10H2,1H3. The zero-order chi connectivity index (χ0) is 11.2. The van der Waals surface area contributed by atoms with Gasteiger partial charge in [0, 0.05) is 17.6 Å². The van der Waals surface area contributed by atoms with Crippen LogP contribution in [-0.4, -0.2) is 34.9 Å². The van der Waals surface area contributed by atoms with Crippen molar-refractivity contribution in [2.75, 3.05) is 25.1 Å². The third-order valence-electron chi connectivity index (χ3n) is 3.09. The van der Waals surface area contributed by atoms with Crippen molar-refractivity contribution in [2.24, 2.45) is 0 Å². The fourth-order valence-electron chi connectivity index (χ4n) is 2.23. The van der Waals surface area contributed by atoms with Crippen LogP contribution < -0.4 is 5.32 Å². The summed E-state index contributed by atoms with van der Waals surface area (Å²) in [5.74, 6) is 2.56. The summed E-state index contributed by atoms with van der Waals surface area (Å²) in [5, 5.41) is 7.70. The molecule has 90 valence electrons. The number of nitrogens with zero attached hydrogens (tertiary/aromatic N) is 2. The number of aryl methyl sites for hydroxylation is 1. The van der Waals surface area contributed by atoms with Crippen molar-refractivity contribution in [3.63, 3.8) is 0 Å². The van der Waals surface area contributed by atoms with E-state index in [2.05, 4.69) is 32.9 Å². The zero-order valence-electron chi connectivity index (χ0n) is 9.98. The zero-order valence-corrected chi connectivity index (χ0v) is 10.8. The van der Waals surface area contributed by atoms with Crippen LogP contribution in [-0.2, 0) is 6.42 Å². The molecule has 1 N–H and O–H groups in total. The minimum atomic E-state index is 0.637. The Labute approximate surface area is 102 Å². The van der Waals surface area contributed by atoms with Crippen molar-refractivity contribution in [3.05, 3.63) is 18.0 Å². The lowest BCUT2D eigenvalue weighted by Gasteiger charge is -2.23. The maximum Gasteiger partial charge on any atom is 0.0613 e. The van der Waals surface area contributed by atoms with Crippen molar-refractivity contribution >= 4 is 11.8 Å². The Morgan fingerprint density at radius 1 is 1.62 bits per heavy atom. The van der Waals surface area contributed by atoms with Crippen LogP contribution in [0.5, 0.6) is 0 Å². The third-order valence-corrected chi connectivity index (χ3v) is 4.29. The van der Waals surface area contributed by atoms with Gasteiger partial charge >= 0.3 is 0 Å². The topological polar surface area (TPSA) is 29.9 Å². The molecule has 1 aliphatic rings. The smallest absolute Gasteiger partial charge is 0.0613 e. The first-order chi connectivity index (χ1) is 7.92. The number of aromatic nitrogens is 2. The van der Waals surface area contributed by atoms with Crippen LogP contribution in [0.15, 0.2) is 12.3 Å². The van der Waals surface area contributed by atoms with E-state index in [1.807, 2.05) is 13.2 Å². The van der Waals surface area contributed by atoms with Crippen LogP contribution in [0.3, 0.4) is 0 Å². The Balaban J connectivity index is 1.94. The number of rotatable bonds is 5. The van der Waals surface area contributed by atoms with E-state index >= 15 is 0 Å². The van der Waals surface area contributed by atoms with Gasteiger partial charge in [0.1, 0.15) is 0 Å². The van der Waals surface area contributed by atoms with Gasteiger partial charge in [-0.05, 0) is 51.1 Å². The van der Waals surface area contributed by atoms with Crippen molar-refractivity contribution in [2.45, 2.75) is 31.7 Å². The lowest BCUT2D eigenvalue weighted by Crippen LogP contribution is -2.20. The van der Waals surface area contributed by atoms with Crippen LogP contribution in [0.4, 0.5) is 0 Å². The molecule has 4 heteroatoms. The van der Waals surface area contributed by atoms with Crippen LogP contribution in [0.2, 0.25) is 0 Å². The largest absolute Gasteiger partial charge is 0.320 e. The van der Waals surface area contributed by atoms with Crippen molar-refractivity contribution in [3.8, 4) is 0 Å². The normalized spacial score (nSPS) is 21.2. The number of thioether (sulfide) groups is 1. The summed E-state index contributed by atoms with van der Waals surface area (Å²) in [6.45, 7) is 1.09. The van der Waals surface area contributed by atoms with Crippen LogP contribution in [0.1, 0.15) is 31.0 Å². The molecule has 0 aliphatic carbocycles. The quantitative estimate of drug-likeness (QED) is 0.798. The molecular weight excluding hydrogens is 218 g/mol. The molecule has 2 rings (SSSR count). The molecule has 2 heterocycles. The highest BCUT2D eigenvalue weighted by atomic mass is 32.2. The Bertz CT molecular complexity index is 305. The van der Waals surface area contributed by atoms with Gasteiger partial charge in [0.2, 0.25) is 0 Å². The summed E-state index contributed by atoms with van der Waals surface area (Å²) >= 11 is 2.07. The minimum absolute atomic E-state index is 0.637. The molecule has 3 nitrogen and oxygen atoms in total. The number of nitrogens with one attached hydrogen (secondary N) is 1. The molecule has 1 fully saturated rings. The molecule has 0 radical (unpaired) electrons. The molecule has 0 saturated carbocycles. The third kappa shape index (κ3) is 3.01. The van der Waals surface area contributed by atoms with Gasteiger partial charge in [0.05, 0.1) is 6.04 Å². The lowest BCUT2D eigenvalue weighted by atomic mass is 10.1. The fourth-order valence-corrected chi connectivity index (χ4v) is 3.35. The van der Waals surface area contributed by atoms with E-state index in [1.165, 1.54) is 36.5 Å². The van der Waals surface area contributed by atoms with E-state index in [-0.39, 0.29) is 0 Å². The van der Waals surface area contributed by atoms with Gasteiger partial charge < -0.3 is 5.32 Å². The Kier molecular flexibility index (Phi) is 4.72. The minimum Gasteiger partial charge on any atom is -0.320 e. The predicted octanol–water partition coefficient (Wildman–Crippen LogP) is 2.10. The Morgan fingerprint density at radius 2 is 2.56 bits per heavy atom. The van der Waals surface area contributed by atoms with Crippen molar-refractivity contribution < 1.29 is 0 Å². The molecule has 0 bridgehead atoms. The maximum atomic E-state index is 4.50. The van der Waals surface area contributed by atoms with Gasteiger partial charge in [-0.3, -0.25) is 4.68 Å². The van der Waals surface area contributed by atoms with Crippen molar-refractivity contribution in [1.29, 1.82) is 0 Å². The van der Waals surface area contributed by atoms with Gasteiger partial charge in [-0.2, -0.15) is 16.9 Å². The second kappa shape index (κ2) is 6.30. The average molecular weight is 239 g/mol. The highest BCUT2D eigenvalue weighted by Crippen LogP contribution is 2.27. The average Bonchev–Trinajstić information content (AvgIpc) is 2.79. The first-order valence-corrected chi connectivity index (χ1v) is 7.32. The maximum absolute atomic E-state index is 4.50. The molecule has 16 heavy (non-hydrogen) atoms. The molecule has 1 unspecified atom stereocenters. The summed E-state index contributed by atoms with van der Waals surface area (Å²) < 4.78 is 2.27. The molecule has 0 aromatic carbocycles. The molecule has 1 atom stereocenters. The van der Waals surface area contributed by atoms with E-state index in [1.54, 1.807) is 0 Å². The summed E-state index contributed by atoms with van der Waals surface area (Å²) in [4.78, 5) is 0. The van der Waals surface area contributed by atoms with E-state index in [4.69, 9.17) is 0 Å². The molecule has 0 amide bonds. The highest BCUT2D eigenvalue weighted by molar-refractivity contribution is 7.99. The SMILES string of the molecule is CNCCCc1ccnn1C1CCCSC1. The predicted molar refractivity (Wildman–Crippen MR) is 70.1 cm³/mol. The molecular formula is C12H21N3S. The van der Waals surface area contributed by atoms with Gasteiger partial charge in [0.15, 0.2) is 0 Å². The van der Waals surface area contributed by atoms with Crippen LogP contribution in [0, 0.1) is 0 Å². The summed E-state index contributed by atoms with van der Waals surface area (Å²) in [7, 11) is 2.01. The van der Waals surface area contributed by atoms with Gasteiger partial charge in [0.25, 0.3) is 0 Å². The summed E-state index contributed by atoms with van der Waals surface area (Å²) in [6.07, 6.45) is 6.93. The van der Waals surface area contributed by atoms with Crippen molar-refractivity contribution in [1.82, 2.24) is 15.1 Å². The fraction of sp³-hybridized carbons (Fsp3) is 0.750. The number of hydrogen-bond acceptors (Lipinski definition) is 3. The van der Waals surface area contributed by atoms with Gasteiger partial charge in [-0.25, -0.2) is 0 Å². The molecule has 0 spiro atoms. The lowest BCUT2D eigenvalue weighted by molar-refractivity contribution is 0.437. The number of hydrogen-bond donors (Lipinski definition) is 1. The second-order valence-corrected chi connectivity index (χ2v) is 5.50. The van der Waals surface area contributed by atoms with E-state index < -0.39 is 0 Å². The van der Waals surface area contributed by atoms with E-state index in [9.17, 15) is 0 Å². The molecule has 1 aromatic heterocycles. The van der Waals surface area contributed by atoms with E-state index in [0.29, 0.717) is 6.04 Å². The molecule has 1 aliphatic heterocycles. The van der Waals surface area contributed by atoms with Gasteiger partial charge in [-0.1, -0.05) is 0 Å². The monoisotopic (exact) mass is 239 g/mol. The van der Waals surface area contributed by atoms with Crippen LogP contribution >= 0.6 is 11.8 Å². The summed E-state index contributed by atoms with van der Waals surface area (Å²) in [6, 6.07) is 2.81. The second-order valence-electron chi connectivity index (χ2n) is 4.35. The van der Waals surface area contributed by atoms with Gasteiger partial charge in [-0.15, -0.1) is 0 Å².